The van der Waals surface area contributed by atoms with Crippen molar-refractivity contribution in [2.75, 3.05) is 6.61 Å². The zero-order valence-electron chi connectivity index (χ0n) is 8.67. The first-order valence-corrected chi connectivity index (χ1v) is 5.74. The molecule has 5 heteroatoms. The molecule has 1 N–H and O–H groups in total. The van der Waals surface area contributed by atoms with E-state index in [1.165, 1.54) is 6.08 Å². The Labute approximate surface area is 92.6 Å². The Balaban J connectivity index is 1.95. The van der Waals surface area contributed by atoms with Crippen LogP contribution < -0.4 is 0 Å². The molecule has 0 aliphatic carbocycles. The second-order valence-corrected chi connectivity index (χ2v) is 5.30. The Kier molecular flexibility index (Phi) is 2.89. The van der Waals surface area contributed by atoms with Crippen molar-refractivity contribution >= 4 is 16.9 Å². The summed E-state index contributed by atoms with van der Waals surface area (Å²) < 4.78 is 10.9. The highest BCUT2D eigenvalue weighted by Gasteiger charge is 2.40. The molecular formula is C10H14O4S. The second kappa shape index (κ2) is 3.90. The van der Waals surface area contributed by atoms with Gasteiger partial charge in [0.05, 0.1) is 18.0 Å². The fourth-order valence-corrected chi connectivity index (χ4v) is 2.56. The zero-order valence-corrected chi connectivity index (χ0v) is 9.49. The number of carbonyl (C=O) groups excluding carboxylic acids is 1. The van der Waals surface area contributed by atoms with Crippen LogP contribution in [0.1, 0.15) is 13.8 Å². The van der Waals surface area contributed by atoms with Gasteiger partial charge in [0.2, 0.25) is 5.12 Å². The molecule has 84 valence electrons. The number of hydrogen-bond donors (Lipinski definition) is 1. The average Bonchev–Trinajstić information content (AvgIpc) is 2.71. The first-order chi connectivity index (χ1) is 6.98. The molecule has 1 fully saturated rings. The highest BCUT2D eigenvalue weighted by atomic mass is 32.2. The number of carbonyl (C=O) groups is 1. The maximum absolute atomic E-state index is 11.0. The van der Waals surface area contributed by atoms with E-state index in [0.717, 1.165) is 11.8 Å². The molecule has 0 unspecified atom stereocenters. The van der Waals surface area contributed by atoms with Crippen molar-refractivity contribution in [3.63, 3.8) is 0 Å². The van der Waals surface area contributed by atoms with Gasteiger partial charge >= 0.3 is 0 Å². The van der Waals surface area contributed by atoms with Crippen LogP contribution in [0.25, 0.3) is 0 Å². The topological polar surface area (TPSA) is 55.8 Å². The molecule has 1 saturated heterocycles. The van der Waals surface area contributed by atoms with E-state index < -0.39 is 11.9 Å². The van der Waals surface area contributed by atoms with Crippen molar-refractivity contribution in [2.45, 2.75) is 37.1 Å². The van der Waals surface area contributed by atoms with E-state index >= 15 is 0 Å². The molecule has 2 heterocycles. The van der Waals surface area contributed by atoms with Gasteiger partial charge in [0.25, 0.3) is 0 Å². The summed E-state index contributed by atoms with van der Waals surface area (Å²) in [6.45, 7) is 3.98. The van der Waals surface area contributed by atoms with Crippen molar-refractivity contribution in [3.8, 4) is 0 Å². The smallest absolute Gasteiger partial charge is 0.212 e. The minimum absolute atomic E-state index is 0.0165. The van der Waals surface area contributed by atoms with Gasteiger partial charge in [0.15, 0.2) is 5.79 Å². The van der Waals surface area contributed by atoms with Crippen LogP contribution in [0.4, 0.5) is 0 Å². The van der Waals surface area contributed by atoms with Crippen LogP contribution in [0.5, 0.6) is 0 Å². The monoisotopic (exact) mass is 230 g/mol. The Morgan fingerprint density at radius 3 is 2.87 bits per heavy atom. The van der Waals surface area contributed by atoms with Gasteiger partial charge in [-0.25, -0.2) is 0 Å². The van der Waals surface area contributed by atoms with Crippen molar-refractivity contribution < 1.29 is 19.4 Å². The van der Waals surface area contributed by atoms with Gasteiger partial charge in [-0.2, -0.15) is 0 Å². The summed E-state index contributed by atoms with van der Waals surface area (Å²) in [5.74, 6) is -0.636. The fourth-order valence-electron chi connectivity index (χ4n) is 1.66. The van der Waals surface area contributed by atoms with Crippen molar-refractivity contribution in [3.05, 3.63) is 12.2 Å². The number of thioether (sulfide) groups is 1. The summed E-state index contributed by atoms with van der Waals surface area (Å²) in [6, 6.07) is 0. The predicted molar refractivity (Wildman–Crippen MR) is 56.4 cm³/mol. The van der Waals surface area contributed by atoms with Crippen molar-refractivity contribution in [1.82, 2.24) is 0 Å². The Morgan fingerprint density at radius 2 is 2.40 bits per heavy atom. The average molecular weight is 230 g/mol. The normalized spacial score (nSPS) is 36.1. The molecule has 2 rings (SSSR count). The van der Waals surface area contributed by atoms with E-state index in [1.54, 1.807) is 6.08 Å². The van der Waals surface area contributed by atoms with E-state index in [2.05, 4.69) is 0 Å². The minimum atomic E-state index is -0.695. The number of aliphatic hydroxyl groups excluding tert-OH is 1. The number of ether oxygens (including phenoxy) is 2. The molecule has 0 aromatic rings. The SMILES string of the molecule is CC1(C)OC[C@@H]([C@@H](O)[C@@H]2C=CC(=O)S2)O1. The minimum Gasteiger partial charge on any atom is -0.389 e. The summed E-state index contributed by atoms with van der Waals surface area (Å²) in [4.78, 5) is 11.0. The summed E-state index contributed by atoms with van der Waals surface area (Å²) >= 11 is 1.13. The lowest BCUT2D eigenvalue weighted by Crippen LogP contribution is -2.37. The number of hydrogen-bond acceptors (Lipinski definition) is 5. The molecule has 0 amide bonds. The fraction of sp³-hybridized carbons (Fsp3) is 0.700. The Morgan fingerprint density at radius 1 is 1.67 bits per heavy atom. The highest BCUT2D eigenvalue weighted by Crippen LogP contribution is 2.31. The van der Waals surface area contributed by atoms with Crippen LogP contribution in [0, 0.1) is 0 Å². The molecule has 15 heavy (non-hydrogen) atoms. The van der Waals surface area contributed by atoms with Crippen LogP contribution in [0.3, 0.4) is 0 Å². The molecule has 0 aromatic carbocycles. The van der Waals surface area contributed by atoms with E-state index in [4.69, 9.17) is 9.47 Å². The van der Waals surface area contributed by atoms with Crippen LogP contribution >= 0.6 is 11.8 Å². The molecular weight excluding hydrogens is 216 g/mol. The Bertz CT molecular complexity index is 300. The predicted octanol–water partition coefficient (Wildman–Crippen LogP) is 0.697. The first-order valence-electron chi connectivity index (χ1n) is 4.87. The lowest BCUT2D eigenvalue weighted by molar-refractivity contribution is -0.150. The molecule has 3 atom stereocenters. The van der Waals surface area contributed by atoms with Gasteiger partial charge in [-0.15, -0.1) is 0 Å². The summed E-state index contributed by atoms with van der Waals surface area (Å²) in [7, 11) is 0. The van der Waals surface area contributed by atoms with Gasteiger partial charge in [-0.3, -0.25) is 4.79 Å². The molecule has 0 radical (unpaired) electrons. The first kappa shape index (κ1) is 11.1. The van der Waals surface area contributed by atoms with Crippen LogP contribution in [-0.2, 0) is 14.3 Å². The van der Waals surface area contributed by atoms with Gasteiger partial charge in [0, 0.05) is 0 Å². The van der Waals surface area contributed by atoms with E-state index in [0.29, 0.717) is 6.61 Å². The summed E-state index contributed by atoms with van der Waals surface area (Å²) in [5, 5.41) is 9.74. The highest BCUT2D eigenvalue weighted by molar-refractivity contribution is 8.15. The lowest BCUT2D eigenvalue weighted by atomic mass is 10.1. The van der Waals surface area contributed by atoms with E-state index in [9.17, 15) is 9.90 Å². The summed E-state index contributed by atoms with van der Waals surface area (Å²) in [5.41, 5.74) is 0. The van der Waals surface area contributed by atoms with Gasteiger partial charge in [0.1, 0.15) is 6.10 Å². The van der Waals surface area contributed by atoms with Gasteiger partial charge in [-0.05, 0) is 19.9 Å². The third-order valence-electron chi connectivity index (χ3n) is 2.42. The Hall–Kier alpha value is -0.360. The van der Waals surface area contributed by atoms with Crippen LogP contribution in [0.15, 0.2) is 12.2 Å². The quantitative estimate of drug-likeness (QED) is 0.756. The third-order valence-corrected chi connectivity index (χ3v) is 3.50. The maximum Gasteiger partial charge on any atom is 0.212 e. The molecule has 0 aromatic heterocycles. The van der Waals surface area contributed by atoms with Crippen molar-refractivity contribution in [1.29, 1.82) is 0 Å². The second-order valence-electron chi connectivity index (χ2n) is 4.12. The molecule has 0 saturated carbocycles. The molecule has 4 nitrogen and oxygen atoms in total. The number of aliphatic hydroxyl groups is 1. The third kappa shape index (κ3) is 2.42. The van der Waals surface area contributed by atoms with Gasteiger partial charge < -0.3 is 14.6 Å². The number of rotatable bonds is 2. The van der Waals surface area contributed by atoms with Crippen molar-refractivity contribution in [2.24, 2.45) is 0 Å². The maximum atomic E-state index is 11.0. The van der Waals surface area contributed by atoms with Gasteiger partial charge in [-0.1, -0.05) is 17.8 Å². The van der Waals surface area contributed by atoms with Crippen LogP contribution in [-0.4, -0.2) is 40.1 Å². The van der Waals surface area contributed by atoms with E-state index in [1.807, 2.05) is 13.8 Å². The molecule has 2 aliphatic heterocycles. The molecule has 0 spiro atoms. The van der Waals surface area contributed by atoms with E-state index in [-0.39, 0.29) is 16.5 Å². The van der Waals surface area contributed by atoms with Crippen LogP contribution in [0.2, 0.25) is 0 Å². The molecule has 2 aliphatic rings. The standard InChI is InChI=1S/C10H14O4S/c1-10(2)13-5-6(14-10)9(12)7-3-4-8(11)15-7/h3-4,6-7,9,12H,5H2,1-2H3/t6-,7-,9+/m0/s1. The lowest BCUT2D eigenvalue weighted by Gasteiger charge is -2.22. The summed E-state index contributed by atoms with van der Waals surface area (Å²) in [6.07, 6.45) is 2.15. The zero-order chi connectivity index (χ0) is 11.1. The molecule has 0 bridgehead atoms. The largest absolute Gasteiger partial charge is 0.389 e.